The van der Waals surface area contributed by atoms with Crippen LogP contribution in [-0.4, -0.2) is 61.1 Å². The molecule has 0 bridgehead atoms. The zero-order valence-electron chi connectivity index (χ0n) is 15.9. The molecule has 0 radical (unpaired) electrons. The molecule has 2 unspecified atom stereocenters. The maximum absolute atomic E-state index is 5.93. The quantitative estimate of drug-likeness (QED) is 0.399. The van der Waals surface area contributed by atoms with Crippen molar-refractivity contribution in [1.82, 2.24) is 15.4 Å². The van der Waals surface area contributed by atoms with E-state index in [2.05, 4.69) is 36.1 Å². The molecule has 0 aromatic carbocycles. The Morgan fingerprint density at radius 1 is 1.35 bits per heavy atom. The molecule has 26 heavy (non-hydrogen) atoms. The highest BCUT2D eigenvalue weighted by Crippen LogP contribution is 2.21. The number of nitrogens with one attached hydrogen (secondary N) is 1. The Morgan fingerprint density at radius 2 is 2.15 bits per heavy atom. The second-order valence-corrected chi connectivity index (χ2v) is 6.95. The minimum atomic E-state index is 0. The molecule has 2 fully saturated rings. The maximum Gasteiger partial charge on any atom is 0.194 e. The minimum absolute atomic E-state index is 0. The van der Waals surface area contributed by atoms with Gasteiger partial charge in [-0.25, -0.2) is 4.99 Å². The van der Waals surface area contributed by atoms with E-state index in [0.717, 1.165) is 56.5 Å². The molecule has 0 saturated carbocycles. The van der Waals surface area contributed by atoms with Gasteiger partial charge in [-0.1, -0.05) is 19.0 Å². The van der Waals surface area contributed by atoms with E-state index in [0.29, 0.717) is 19.1 Å². The lowest BCUT2D eigenvalue weighted by atomic mass is 10.1. The smallest absolute Gasteiger partial charge is 0.194 e. The predicted molar refractivity (Wildman–Crippen MR) is 111 cm³/mol. The van der Waals surface area contributed by atoms with Crippen LogP contribution in [0.25, 0.3) is 0 Å². The van der Waals surface area contributed by atoms with Crippen molar-refractivity contribution in [2.24, 2.45) is 4.99 Å². The van der Waals surface area contributed by atoms with E-state index in [1.165, 1.54) is 0 Å². The Kier molecular flexibility index (Phi) is 8.62. The van der Waals surface area contributed by atoms with Gasteiger partial charge in [-0.3, -0.25) is 0 Å². The van der Waals surface area contributed by atoms with Crippen LogP contribution in [0.15, 0.2) is 15.6 Å². The molecule has 1 aromatic rings. The van der Waals surface area contributed by atoms with Crippen LogP contribution >= 0.6 is 24.0 Å². The van der Waals surface area contributed by atoms with Crippen molar-refractivity contribution >= 4 is 29.9 Å². The van der Waals surface area contributed by atoms with Gasteiger partial charge in [-0.15, -0.1) is 24.0 Å². The highest BCUT2D eigenvalue weighted by molar-refractivity contribution is 14.0. The molecular formula is C18H31IN4O3. The van der Waals surface area contributed by atoms with Gasteiger partial charge in [-0.2, -0.15) is 0 Å². The molecule has 1 N–H and O–H groups in total. The lowest BCUT2D eigenvalue weighted by Gasteiger charge is -2.37. The zero-order chi connectivity index (χ0) is 17.6. The van der Waals surface area contributed by atoms with E-state index in [1.54, 1.807) is 0 Å². The Labute approximate surface area is 172 Å². The van der Waals surface area contributed by atoms with E-state index < -0.39 is 0 Å². The van der Waals surface area contributed by atoms with Crippen LogP contribution in [0.5, 0.6) is 0 Å². The fourth-order valence-electron chi connectivity index (χ4n) is 3.24. The molecule has 7 nitrogen and oxygen atoms in total. The number of guanidine groups is 1. The standard InChI is InChI=1S/C18H30N4O3.HI/c1-4-19-18(20-11-14-10-15(13(2)3)21-25-14)22-7-9-24-17(12-22)16-6-5-8-23-16;/h10,13,16-17H,4-9,11-12H2,1-3H3,(H,19,20);1H. The molecule has 0 amide bonds. The van der Waals surface area contributed by atoms with Crippen molar-refractivity contribution in [2.45, 2.75) is 58.3 Å². The third-order valence-electron chi connectivity index (χ3n) is 4.66. The Balaban J connectivity index is 0.00000243. The van der Waals surface area contributed by atoms with E-state index >= 15 is 0 Å². The number of aliphatic imine (C=N–C) groups is 1. The van der Waals surface area contributed by atoms with Gasteiger partial charge in [-0.05, 0) is 25.7 Å². The summed E-state index contributed by atoms with van der Waals surface area (Å²) in [5, 5.41) is 7.48. The molecule has 0 spiro atoms. The summed E-state index contributed by atoms with van der Waals surface area (Å²) in [5.74, 6) is 2.06. The van der Waals surface area contributed by atoms with Crippen molar-refractivity contribution in [2.75, 3.05) is 32.8 Å². The fourth-order valence-corrected chi connectivity index (χ4v) is 3.24. The third-order valence-corrected chi connectivity index (χ3v) is 4.66. The first-order chi connectivity index (χ1) is 12.2. The van der Waals surface area contributed by atoms with Gasteiger partial charge in [0.15, 0.2) is 11.7 Å². The second-order valence-electron chi connectivity index (χ2n) is 6.95. The normalized spacial score (nSPS) is 24.0. The monoisotopic (exact) mass is 478 g/mol. The van der Waals surface area contributed by atoms with Gasteiger partial charge >= 0.3 is 0 Å². The Hall–Kier alpha value is -0.870. The molecule has 8 heteroatoms. The minimum Gasteiger partial charge on any atom is -0.375 e. The van der Waals surface area contributed by atoms with E-state index in [9.17, 15) is 0 Å². The third kappa shape index (κ3) is 5.56. The number of halogens is 1. The number of nitrogens with zero attached hydrogens (tertiary/aromatic N) is 3. The first-order valence-electron chi connectivity index (χ1n) is 9.39. The number of rotatable bonds is 5. The lowest BCUT2D eigenvalue weighted by Crippen LogP contribution is -2.53. The Morgan fingerprint density at radius 3 is 2.81 bits per heavy atom. The van der Waals surface area contributed by atoms with E-state index in [1.807, 2.05) is 6.07 Å². The number of morpholine rings is 1. The number of ether oxygens (including phenoxy) is 2. The van der Waals surface area contributed by atoms with Gasteiger partial charge in [0.05, 0.1) is 18.4 Å². The van der Waals surface area contributed by atoms with E-state index in [4.69, 9.17) is 19.0 Å². The molecule has 2 aliphatic heterocycles. The van der Waals surface area contributed by atoms with Gasteiger partial charge in [0.2, 0.25) is 0 Å². The summed E-state index contributed by atoms with van der Waals surface area (Å²) in [7, 11) is 0. The fraction of sp³-hybridized carbons (Fsp3) is 0.778. The summed E-state index contributed by atoms with van der Waals surface area (Å²) in [6.45, 7) is 10.8. The average molecular weight is 478 g/mol. The van der Waals surface area contributed by atoms with Gasteiger partial charge in [0.25, 0.3) is 0 Å². The molecule has 2 aliphatic rings. The predicted octanol–water partition coefficient (Wildman–Crippen LogP) is 2.76. The first kappa shape index (κ1) is 21.4. The van der Waals surface area contributed by atoms with Gasteiger partial charge in [0.1, 0.15) is 12.6 Å². The number of hydrogen-bond acceptors (Lipinski definition) is 5. The average Bonchev–Trinajstić information content (AvgIpc) is 3.30. The largest absolute Gasteiger partial charge is 0.375 e. The molecule has 2 saturated heterocycles. The van der Waals surface area contributed by atoms with Crippen molar-refractivity contribution in [3.05, 3.63) is 17.5 Å². The van der Waals surface area contributed by atoms with Crippen LogP contribution < -0.4 is 5.32 Å². The van der Waals surface area contributed by atoms with Gasteiger partial charge < -0.3 is 24.2 Å². The summed E-state index contributed by atoms with van der Waals surface area (Å²) in [5.41, 5.74) is 0.972. The van der Waals surface area contributed by atoms with Crippen molar-refractivity contribution in [3.8, 4) is 0 Å². The molecule has 0 aliphatic carbocycles. The molecule has 148 valence electrons. The number of aromatic nitrogens is 1. The van der Waals surface area contributed by atoms with Crippen molar-refractivity contribution in [3.63, 3.8) is 0 Å². The van der Waals surface area contributed by atoms with Crippen molar-refractivity contribution < 1.29 is 14.0 Å². The number of hydrogen-bond donors (Lipinski definition) is 1. The summed E-state index contributed by atoms with van der Waals surface area (Å²) in [6.07, 6.45) is 2.55. The maximum atomic E-state index is 5.93. The molecule has 3 rings (SSSR count). The summed E-state index contributed by atoms with van der Waals surface area (Å²) < 4.78 is 17.1. The summed E-state index contributed by atoms with van der Waals surface area (Å²) in [4.78, 5) is 7.01. The molecule has 1 aromatic heterocycles. The van der Waals surface area contributed by atoms with E-state index in [-0.39, 0.29) is 36.2 Å². The topological polar surface area (TPSA) is 72.1 Å². The van der Waals surface area contributed by atoms with Crippen LogP contribution in [0.1, 0.15) is 51.0 Å². The summed E-state index contributed by atoms with van der Waals surface area (Å²) >= 11 is 0. The van der Waals surface area contributed by atoms with Gasteiger partial charge in [0, 0.05) is 32.3 Å². The van der Waals surface area contributed by atoms with Crippen LogP contribution in [-0.2, 0) is 16.0 Å². The first-order valence-corrected chi connectivity index (χ1v) is 9.39. The van der Waals surface area contributed by atoms with Crippen LogP contribution in [0, 0.1) is 0 Å². The zero-order valence-corrected chi connectivity index (χ0v) is 18.3. The van der Waals surface area contributed by atoms with Crippen LogP contribution in [0.4, 0.5) is 0 Å². The van der Waals surface area contributed by atoms with Crippen molar-refractivity contribution in [1.29, 1.82) is 0 Å². The molecule has 3 heterocycles. The highest BCUT2D eigenvalue weighted by Gasteiger charge is 2.32. The molecular weight excluding hydrogens is 447 g/mol. The second kappa shape index (κ2) is 10.5. The summed E-state index contributed by atoms with van der Waals surface area (Å²) in [6, 6.07) is 1.99. The lowest BCUT2D eigenvalue weighted by molar-refractivity contribution is -0.0817. The highest BCUT2D eigenvalue weighted by atomic mass is 127. The van der Waals surface area contributed by atoms with Crippen LogP contribution in [0.2, 0.25) is 0 Å². The Bertz CT molecular complexity index is 573. The van der Waals surface area contributed by atoms with Crippen LogP contribution in [0.3, 0.4) is 0 Å². The molecule has 2 atom stereocenters. The SMILES string of the molecule is CCNC(=NCc1cc(C(C)C)no1)N1CCOC(C2CCCO2)C1.I.